The van der Waals surface area contributed by atoms with Crippen LogP contribution in [0.5, 0.6) is 0 Å². The average molecular weight is 299 g/mol. The monoisotopic (exact) mass is 299 g/mol. The molecule has 0 radical (unpaired) electrons. The summed E-state index contributed by atoms with van der Waals surface area (Å²) >= 11 is 0. The Hall–Kier alpha value is -2.24. The van der Waals surface area contributed by atoms with Gasteiger partial charge in [0.05, 0.1) is 12.2 Å². The van der Waals surface area contributed by atoms with E-state index in [1.807, 2.05) is 12.1 Å². The Morgan fingerprint density at radius 3 is 2.50 bits per heavy atom. The van der Waals surface area contributed by atoms with E-state index in [9.17, 15) is 4.79 Å². The predicted molar refractivity (Wildman–Crippen MR) is 84.9 cm³/mol. The van der Waals surface area contributed by atoms with Crippen molar-refractivity contribution in [3.8, 4) is 0 Å². The third kappa shape index (κ3) is 3.00. The van der Waals surface area contributed by atoms with Crippen LogP contribution in [0.15, 0.2) is 35.4 Å². The smallest absolute Gasteiger partial charge is 0.266 e. The zero-order valence-corrected chi connectivity index (χ0v) is 13.2. The van der Waals surface area contributed by atoms with Crippen molar-refractivity contribution >= 4 is 5.95 Å². The van der Waals surface area contributed by atoms with Gasteiger partial charge < -0.3 is 4.90 Å². The first-order valence-corrected chi connectivity index (χ1v) is 7.54. The van der Waals surface area contributed by atoms with Crippen LogP contribution in [0.25, 0.3) is 0 Å². The summed E-state index contributed by atoms with van der Waals surface area (Å²) in [5.74, 6) is 1.16. The summed E-state index contributed by atoms with van der Waals surface area (Å²) in [5.41, 5.74) is 0.844. The molecule has 2 aromatic heterocycles. The van der Waals surface area contributed by atoms with Gasteiger partial charge in [-0.25, -0.2) is 14.6 Å². The zero-order valence-electron chi connectivity index (χ0n) is 13.2. The van der Waals surface area contributed by atoms with Crippen LogP contribution in [0.4, 0.5) is 5.95 Å². The molecule has 3 heterocycles. The number of nitrogens with zero attached hydrogens (tertiary/aromatic N) is 5. The minimum absolute atomic E-state index is 0.0394. The van der Waals surface area contributed by atoms with Gasteiger partial charge in [-0.15, -0.1) is 0 Å². The van der Waals surface area contributed by atoms with Crippen molar-refractivity contribution in [3.63, 3.8) is 0 Å². The molecule has 116 valence electrons. The molecule has 0 saturated carbocycles. The molecule has 1 saturated heterocycles. The van der Waals surface area contributed by atoms with Gasteiger partial charge in [-0.05, 0) is 12.1 Å². The van der Waals surface area contributed by atoms with Gasteiger partial charge in [-0.2, -0.15) is 5.10 Å². The highest BCUT2D eigenvalue weighted by atomic mass is 16.1. The van der Waals surface area contributed by atoms with Crippen molar-refractivity contribution in [2.75, 3.05) is 18.0 Å². The van der Waals surface area contributed by atoms with E-state index >= 15 is 0 Å². The standard InChI is InChI=1S/C16H21N5O/c1-16(2,3)13-5-6-14(22)21(19-13)11-12-9-20(10-12)15-17-7-4-8-18-15/h4-8,12H,9-11H2,1-3H3. The van der Waals surface area contributed by atoms with Gasteiger partial charge >= 0.3 is 0 Å². The SMILES string of the molecule is CC(C)(C)c1ccc(=O)n(CC2CN(c3ncccn3)C2)n1. The highest BCUT2D eigenvalue weighted by molar-refractivity contribution is 5.32. The van der Waals surface area contributed by atoms with Crippen LogP contribution in [-0.4, -0.2) is 32.8 Å². The number of hydrogen-bond acceptors (Lipinski definition) is 5. The number of aromatic nitrogens is 4. The fraction of sp³-hybridized carbons (Fsp3) is 0.500. The third-order valence-electron chi connectivity index (χ3n) is 3.86. The largest absolute Gasteiger partial charge is 0.340 e. The fourth-order valence-corrected chi connectivity index (χ4v) is 2.53. The van der Waals surface area contributed by atoms with Crippen molar-refractivity contribution in [2.45, 2.75) is 32.7 Å². The van der Waals surface area contributed by atoms with Crippen LogP contribution in [0.1, 0.15) is 26.5 Å². The molecule has 6 nitrogen and oxygen atoms in total. The van der Waals surface area contributed by atoms with Crippen LogP contribution < -0.4 is 10.5 Å². The maximum Gasteiger partial charge on any atom is 0.266 e. The summed E-state index contributed by atoms with van der Waals surface area (Å²) in [6, 6.07) is 5.25. The molecule has 0 amide bonds. The van der Waals surface area contributed by atoms with Gasteiger partial charge in [0.25, 0.3) is 5.56 Å². The lowest BCUT2D eigenvalue weighted by atomic mass is 9.92. The van der Waals surface area contributed by atoms with Crippen molar-refractivity contribution in [1.29, 1.82) is 0 Å². The second-order valence-electron chi connectivity index (χ2n) is 6.81. The maximum atomic E-state index is 12.0. The molecule has 2 aromatic rings. The van der Waals surface area contributed by atoms with Gasteiger partial charge in [0.1, 0.15) is 0 Å². The normalized spacial score (nSPS) is 15.7. The molecule has 22 heavy (non-hydrogen) atoms. The molecular weight excluding hydrogens is 278 g/mol. The topological polar surface area (TPSA) is 63.9 Å². The zero-order chi connectivity index (χ0) is 15.7. The highest BCUT2D eigenvalue weighted by Crippen LogP contribution is 2.22. The van der Waals surface area contributed by atoms with Crippen molar-refractivity contribution < 1.29 is 0 Å². The van der Waals surface area contributed by atoms with Crippen molar-refractivity contribution in [2.24, 2.45) is 5.92 Å². The van der Waals surface area contributed by atoms with Gasteiger partial charge in [0.15, 0.2) is 0 Å². The highest BCUT2D eigenvalue weighted by Gasteiger charge is 2.29. The molecule has 6 heteroatoms. The Labute approximate surface area is 129 Å². The predicted octanol–water partition coefficient (Wildman–Crippen LogP) is 1.47. The molecule has 3 rings (SSSR count). The summed E-state index contributed by atoms with van der Waals surface area (Å²) in [4.78, 5) is 22.6. The fourth-order valence-electron chi connectivity index (χ4n) is 2.53. The molecule has 0 aliphatic carbocycles. The van der Waals surface area contributed by atoms with Crippen LogP contribution in [0.2, 0.25) is 0 Å². The number of rotatable bonds is 3. The second kappa shape index (κ2) is 5.51. The molecule has 0 spiro atoms. The van der Waals surface area contributed by atoms with E-state index in [0.29, 0.717) is 12.5 Å². The molecule has 0 atom stereocenters. The van der Waals surface area contributed by atoms with Crippen LogP contribution in [0.3, 0.4) is 0 Å². The van der Waals surface area contributed by atoms with Crippen LogP contribution in [-0.2, 0) is 12.0 Å². The van der Waals surface area contributed by atoms with Crippen LogP contribution >= 0.6 is 0 Å². The Morgan fingerprint density at radius 1 is 1.18 bits per heavy atom. The summed E-state index contributed by atoms with van der Waals surface area (Å²) in [7, 11) is 0. The van der Waals surface area contributed by atoms with Gasteiger partial charge in [0.2, 0.25) is 5.95 Å². The number of anilines is 1. The second-order valence-corrected chi connectivity index (χ2v) is 6.81. The lowest BCUT2D eigenvalue weighted by molar-refractivity contribution is 0.326. The molecule has 1 aliphatic rings. The minimum Gasteiger partial charge on any atom is -0.340 e. The van der Waals surface area contributed by atoms with E-state index in [-0.39, 0.29) is 11.0 Å². The first-order valence-electron chi connectivity index (χ1n) is 7.54. The minimum atomic E-state index is -0.0566. The van der Waals surface area contributed by atoms with Crippen LogP contribution in [0, 0.1) is 5.92 Å². The van der Waals surface area contributed by atoms with E-state index in [1.165, 1.54) is 0 Å². The van der Waals surface area contributed by atoms with E-state index in [4.69, 9.17) is 0 Å². The lowest BCUT2D eigenvalue weighted by Crippen LogP contribution is -2.50. The molecule has 0 unspecified atom stereocenters. The molecule has 0 bridgehead atoms. The van der Waals surface area contributed by atoms with Gasteiger partial charge in [-0.1, -0.05) is 20.8 Å². The first kappa shape index (κ1) is 14.7. The van der Waals surface area contributed by atoms with Crippen molar-refractivity contribution in [3.05, 3.63) is 46.6 Å². The molecule has 0 N–H and O–H groups in total. The summed E-state index contributed by atoms with van der Waals surface area (Å²) in [6.45, 7) is 8.66. The van der Waals surface area contributed by atoms with E-state index < -0.39 is 0 Å². The Bertz CT molecular complexity index is 698. The lowest BCUT2D eigenvalue weighted by Gasteiger charge is -2.39. The summed E-state index contributed by atoms with van der Waals surface area (Å²) in [5, 5.41) is 4.52. The third-order valence-corrected chi connectivity index (χ3v) is 3.86. The van der Waals surface area contributed by atoms with Crippen molar-refractivity contribution in [1.82, 2.24) is 19.7 Å². The maximum absolute atomic E-state index is 12.0. The molecule has 1 fully saturated rings. The van der Waals surface area contributed by atoms with Gasteiger partial charge in [0, 0.05) is 42.9 Å². The molecule has 0 aromatic carbocycles. The van der Waals surface area contributed by atoms with E-state index in [0.717, 1.165) is 24.7 Å². The average Bonchev–Trinajstić information content (AvgIpc) is 2.43. The van der Waals surface area contributed by atoms with E-state index in [2.05, 4.69) is 40.7 Å². The Balaban J connectivity index is 1.67. The quantitative estimate of drug-likeness (QED) is 0.858. The number of hydrogen-bond donors (Lipinski definition) is 0. The Kier molecular flexibility index (Phi) is 3.68. The summed E-state index contributed by atoms with van der Waals surface area (Å²) in [6.07, 6.45) is 3.49. The first-order chi connectivity index (χ1) is 10.4. The summed E-state index contributed by atoms with van der Waals surface area (Å²) < 4.78 is 1.59. The van der Waals surface area contributed by atoms with E-state index in [1.54, 1.807) is 23.1 Å². The Morgan fingerprint density at radius 2 is 1.86 bits per heavy atom. The molecular formula is C16H21N5O. The van der Waals surface area contributed by atoms with Gasteiger partial charge in [-0.3, -0.25) is 4.79 Å². The molecule has 1 aliphatic heterocycles.